The highest BCUT2D eigenvalue weighted by atomic mass is 16.2. The molecule has 1 N–H and O–H groups in total. The van der Waals surface area contributed by atoms with Crippen LogP contribution in [0.2, 0.25) is 0 Å². The van der Waals surface area contributed by atoms with E-state index in [1.807, 2.05) is 16.4 Å². The van der Waals surface area contributed by atoms with Crippen molar-refractivity contribution in [3.63, 3.8) is 0 Å². The number of nitrogens with zero attached hydrogens (tertiary/aromatic N) is 2. The van der Waals surface area contributed by atoms with Crippen molar-refractivity contribution >= 4 is 11.8 Å². The standard InChI is InChI=1S/C23H33N3O3/c1-2-12-25(13-16-8-9-16)23(29)20-15-26(18-6-4-3-5-7-18)14-19(21(20)27)22(28)24-17-10-11-17/h14-18H,2-13H2,1H3,(H,24,28). The first-order valence-electron chi connectivity index (χ1n) is 11.4. The minimum atomic E-state index is -0.419. The monoisotopic (exact) mass is 399 g/mol. The molecule has 3 aliphatic rings. The highest BCUT2D eigenvalue weighted by molar-refractivity contribution is 5.99. The molecule has 0 radical (unpaired) electrons. The quantitative estimate of drug-likeness (QED) is 0.727. The number of carbonyl (C=O) groups is 2. The van der Waals surface area contributed by atoms with Crippen LogP contribution < -0.4 is 10.7 Å². The lowest BCUT2D eigenvalue weighted by Crippen LogP contribution is -2.39. The van der Waals surface area contributed by atoms with Crippen molar-refractivity contribution in [2.45, 2.75) is 83.2 Å². The van der Waals surface area contributed by atoms with Crippen molar-refractivity contribution in [3.8, 4) is 0 Å². The van der Waals surface area contributed by atoms with Crippen molar-refractivity contribution in [2.24, 2.45) is 5.92 Å². The van der Waals surface area contributed by atoms with E-state index in [1.54, 1.807) is 12.4 Å². The average molecular weight is 400 g/mol. The van der Waals surface area contributed by atoms with Crippen LogP contribution in [0.3, 0.4) is 0 Å². The van der Waals surface area contributed by atoms with E-state index in [1.165, 1.54) is 6.42 Å². The van der Waals surface area contributed by atoms with Crippen molar-refractivity contribution in [3.05, 3.63) is 33.7 Å². The fourth-order valence-corrected chi connectivity index (χ4v) is 4.32. The van der Waals surface area contributed by atoms with E-state index in [9.17, 15) is 14.4 Å². The lowest BCUT2D eigenvalue weighted by molar-refractivity contribution is 0.0745. The Morgan fingerprint density at radius 1 is 1.03 bits per heavy atom. The molecule has 0 spiro atoms. The van der Waals surface area contributed by atoms with Crippen LogP contribution >= 0.6 is 0 Å². The van der Waals surface area contributed by atoms with Gasteiger partial charge in [0.05, 0.1) is 0 Å². The van der Waals surface area contributed by atoms with Crippen molar-refractivity contribution in [1.82, 2.24) is 14.8 Å². The minimum Gasteiger partial charge on any atom is -0.349 e. The second-order valence-electron chi connectivity index (χ2n) is 9.10. The molecule has 158 valence electrons. The zero-order chi connectivity index (χ0) is 20.4. The molecule has 0 saturated heterocycles. The van der Waals surface area contributed by atoms with E-state index >= 15 is 0 Å². The van der Waals surface area contributed by atoms with Gasteiger partial charge in [0, 0.05) is 37.6 Å². The Morgan fingerprint density at radius 2 is 1.72 bits per heavy atom. The maximum absolute atomic E-state index is 13.3. The summed E-state index contributed by atoms with van der Waals surface area (Å²) in [7, 11) is 0. The Balaban J connectivity index is 1.68. The van der Waals surface area contributed by atoms with Crippen LogP contribution in [0, 0.1) is 5.92 Å². The Kier molecular flexibility index (Phi) is 6.07. The Hall–Kier alpha value is -2.11. The van der Waals surface area contributed by atoms with Gasteiger partial charge in [-0.25, -0.2) is 0 Å². The zero-order valence-electron chi connectivity index (χ0n) is 17.5. The molecule has 3 saturated carbocycles. The third-order valence-electron chi connectivity index (χ3n) is 6.39. The van der Waals surface area contributed by atoms with Gasteiger partial charge in [-0.2, -0.15) is 0 Å². The lowest BCUT2D eigenvalue weighted by Gasteiger charge is -2.27. The molecule has 2 amide bonds. The summed E-state index contributed by atoms with van der Waals surface area (Å²) >= 11 is 0. The third kappa shape index (κ3) is 4.90. The fraction of sp³-hybridized carbons (Fsp3) is 0.696. The van der Waals surface area contributed by atoms with Crippen LogP contribution in [0.5, 0.6) is 0 Å². The molecule has 0 atom stereocenters. The molecule has 1 aromatic heterocycles. The van der Waals surface area contributed by atoms with Crippen LogP contribution in [0.25, 0.3) is 0 Å². The van der Waals surface area contributed by atoms with E-state index in [4.69, 9.17) is 0 Å². The molecule has 4 rings (SSSR count). The highest BCUT2D eigenvalue weighted by Gasteiger charge is 2.31. The van der Waals surface area contributed by atoms with E-state index < -0.39 is 5.43 Å². The second kappa shape index (κ2) is 8.72. The predicted molar refractivity (Wildman–Crippen MR) is 112 cm³/mol. The number of hydrogen-bond acceptors (Lipinski definition) is 3. The third-order valence-corrected chi connectivity index (χ3v) is 6.39. The number of rotatable bonds is 8. The maximum atomic E-state index is 13.3. The molecule has 6 heteroatoms. The first-order valence-corrected chi connectivity index (χ1v) is 11.4. The normalized spacial score (nSPS) is 19.8. The topological polar surface area (TPSA) is 71.4 Å². The van der Waals surface area contributed by atoms with Gasteiger partial charge in [-0.3, -0.25) is 14.4 Å². The first-order chi connectivity index (χ1) is 14.1. The molecule has 0 aliphatic heterocycles. The number of aromatic nitrogens is 1. The van der Waals surface area contributed by atoms with Crippen LogP contribution in [-0.2, 0) is 0 Å². The van der Waals surface area contributed by atoms with Gasteiger partial charge < -0.3 is 14.8 Å². The van der Waals surface area contributed by atoms with E-state index in [0.717, 1.165) is 57.8 Å². The van der Waals surface area contributed by atoms with Gasteiger partial charge >= 0.3 is 0 Å². The summed E-state index contributed by atoms with van der Waals surface area (Å²) in [6.07, 6.45) is 14.1. The zero-order valence-corrected chi connectivity index (χ0v) is 17.5. The average Bonchev–Trinajstić information content (AvgIpc) is 3.65. The molecular formula is C23H33N3O3. The molecule has 3 fully saturated rings. The summed E-state index contributed by atoms with van der Waals surface area (Å²) in [5, 5.41) is 2.93. The van der Waals surface area contributed by atoms with Gasteiger partial charge in [0.15, 0.2) is 0 Å². The summed E-state index contributed by atoms with van der Waals surface area (Å²) in [5.41, 5.74) is -0.138. The Morgan fingerprint density at radius 3 is 2.34 bits per heavy atom. The van der Waals surface area contributed by atoms with Crippen LogP contribution in [0.1, 0.15) is 97.9 Å². The van der Waals surface area contributed by atoms with Gasteiger partial charge in [0.1, 0.15) is 11.1 Å². The maximum Gasteiger partial charge on any atom is 0.259 e. The molecule has 1 aromatic rings. The van der Waals surface area contributed by atoms with E-state index in [2.05, 4.69) is 5.32 Å². The molecule has 0 aromatic carbocycles. The van der Waals surface area contributed by atoms with Gasteiger partial charge in [0.2, 0.25) is 5.43 Å². The predicted octanol–water partition coefficient (Wildman–Crippen LogP) is 3.51. The number of amides is 2. The van der Waals surface area contributed by atoms with Gasteiger partial charge in [-0.1, -0.05) is 26.2 Å². The Labute approximate surface area is 172 Å². The molecule has 0 unspecified atom stereocenters. The summed E-state index contributed by atoms with van der Waals surface area (Å²) in [5.74, 6) is 0.0164. The van der Waals surface area contributed by atoms with Gasteiger partial charge in [0.25, 0.3) is 11.8 Å². The lowest BCUT2D eigenvalue weighted by atomic mass is 9.95. The minimum absolute atomic E-state index is 0.121. The van der Waals surface area contributed by atoms with E-state index in [0.29, 0.717) is 19.0 Å². The molecule has 1 heterocycles. The van der Waals surface area contributed by atoms with E-state index in [-0.39, 0.29) is 35.0 Å². The van der Waals surface area contributed by atoms with Gasteiger partial charge in [-0.05, 0) is 50.9 Å². The SMILES string of the molecule is CCCN(CC1CC1)C(=O)c1cn(C2CCCCC2)cc(C(=O)NC2CC2)c1=O. The highest BCUT2D eigenvalue weighted by Crippen LogP contribution is 2.31. The van der Waals surface area contributed by atoms with Crippen molar-refractivity contribution < 1.29 is 9.59 Å². The molecule has 6 nitrogen and oxygen atoms in total. The van der Waals surface area contributed by atoms with Crippen molar-refractivity contribution in [2.75, 3.05) is 13.1 Å². The number of carbonyl (C=O) groups excluding carboxylic acids is 2. The first kappa shape index (κ1) is 20.2. The van der Waals surface area contributed by atoms with Crippen LogP contribution in [-0.4, -0.2) is 40.4 Å². The molecule has 3 aliphatic carbocycles. The van der Waals surface area contributed by atoms with Crippen LogP contribution in [0.15, 0.2) is 17.2 Å². The molecule has 0 bridgehead atoms. The number of nitrogens with one attached hydrogen (secondary N) is 1. The summed E-state index contributed by atoms with van der Waals surface area (Å²) < 4.78 is 1.98. The summed E-state index contributed by atoms with van der Waals surface area (Å²) in [6, 6.07) is 0.433. The molecular weight excluding hydrogens is 366 g/mol. The largest absolute Gasteiger partial charge is 0.349 e. The fourth-order valence-electron chi connectivity index (χ4n) is 4.32. The van der Waals surface area contributed by atoms with Crippen molar-refractivity contribution in [1.29, 1.82) is 0 Å². The Bertz CT molecular complexity index is 817. The summed E-state index contributed by atoms with van der Waals surface area (Å²) in [4.78, 5) is 41.1. The second-order valence-corrected chi connectivity index (χ2v) is 9.10. The number of hydrogen-bond donors (Lipinski definition) is 1. The van der Waals surface area contributed by atoms with Gasteiger partial charge in [-0.15, -0.1) is 0 Å². The number of pyridine rings is 1. The van der Waals surface area contributed by atoms with Crippen LogP contribution in [0.4, 0.5) is 0 Å². The smallest absolute Gasteiger partial charge is 0.259 e. The summed E-state index contributed by atoms with van der Waals surface area (Å²) in [6.45, 7) is 3.41. The molecule has 29 heavy (non-hydrogen) atoms.